The summed E-state index contributed by atoms with van der Waals surface area (Å²) in [5.74, 6) is 0. The van der Waals surface area contributed by atoms with Crippen LogP contribution in [0.3, 0.4) is 0 Å². The van der Waals surface area contributed by atoms with Gasteiger partial charge in [0.05, 0.1) is 12.2 Å². The third-order valence-corrected chi connectivity index (χ3v) is 3.26. The van der Waals surface area contributed by atoms with Crippen LogP contribution in [0, 0.1) is 5.41 Å². The SMILES string of the molecule is CC12CCCC(CN)(C1)OC2. The fraction of sp³-hybridized carbons (Fsp3) is 1.00. The Labute approximate surface area is 68.1 Å². The number of rotatable bonds is 1. The standard InChI is InChI=1S/C9H17NO/c1-8-3-2-4-9(5-8,6-10)11-7-8/h2-7,10H2,1H3. The van der Waals surface area contributed by atoms with E-state index in [2.05, 4.69) is 6.92 Å². The second-order valence-corrected chi connectivity index (χ2v) is 4.52. The minimum Gasteiger partial charge on any atom is -0.373 e. The molecule has 64 valence electrons. The van der Waals surface area contributed by atoms with Gasteiger partial charge in [-0.1, -0.05) is 6.92 Å². The molecule has 1 saturated heterocycles. The highest BCUT2D eigenvalue weighted by molar-refractivity contribution is 4.99. The van der Waals surface area contributed by atoms with Gasteiger partial charge in [0, 0.05) is 6.54 Å². The molecule has 1 aliphatic carbocycles. The van der Waals surface area contributed by atoms with Gasteiger partial charge in [0.1, 0.15) is 0 Å². The Morgan fingerprint density at radius 3 is 2.91 bits per heavy atom. The van der Waals surface area contributed by atoms with Gasteiger partial charge in [-0.3, -0.25) is 0 Å². The highest BCUT2D eigenvalue weighted by Gasteiger charge is 2.48. The van der Waals surface area contributed by atoms with Gasteiger partial charge in [0.15, 0.2) is 0 Å². The van der Waals surface area contributed by atoms with Crippen molar-refractivity contribution in [3.05, 3.63) is 0 Å². The molecule has 2 bridgehead atoms. The van der Waals surface area contributed by atoms with Crippen molar-refractivity contribution in [3.8, 4) is 0 Å². The highest BCUT2D eigenvalue weighted by Crippen LogP contribution is 2.49. The number of hydrogen-bond donors (Lipinski definition) is 1. The average Bonchev–Trinajstić information content (AvgIpc) is 2.24. The fourth-order valence-electron chi connectivity index (χ4n) is 2.60. The first-order valence-corrected chi connectivity index (χ1v) is 4.52. The summed E-state index contributed by atoms with van der Waals surface area (Å²) in [5, 5.41) is 0. The van der Waals surface area contributed by atoms with E-state index >= 15 is 0 Å². The van der Waals surface area contributed by atoms with Crippen LogP contribution in [0.15, 0.2) is 0 Å². The Balaban J connectivity index is 2.17. The van der Waals surface area contributed by atoms with Crippen molar-refractivity contribution in [1.82, 2.24) is 0 Å². The van der Waals surface area contributed by atoms with Gasteiger partial charge in [-0.15, -0.1) is 0 Å². The molecule has 0 radical (unpaired) electrons. The van der Waals surface area contributed by atoms with E-state index in [-0.39, 0.29) is 5.60 Å². The molecule has 2 heteroatoms. The molecule has 0 spiro atoms. The molecule has 11 heavy (non-hydrogen) atoms. The van der Waals surface area contributed by atoms with E-state index in [0.29, 0.717) is 12.0 Å². The topological polar surface area (TPSA) is 35.2 Å². The molecule has 2 nitrogen and oxygen atoms in total. The van der Waals surface area contributed by atoms with Crippen molar-refractivity contribution in [2.24, 2.45) is 11.1 Å². The van der Waals surface area contributed by atoms with Crippen LogP contribution in [0.2, 0.25) is 0 Å². The van der Waals surface area contributed by atoms with Gasteiger partial charge in [0.2, 0.25) is 0 Å². The van der Waals surface area contributed by atoms with Crippen molar-refractivity contribution in [1.29, 1.82) is 0 Å². The second-order valence-electron chi connectivity index (χ2n) is 4.52. The molecule has 0 aromatic heterocycles. The lowest BCUT2D eigenvalue weighted by molar-refractivity contribution is 0.00615. The third-order valence-electron chi connectivity index (χ3n) is 3.26. The van der Waals surface area contributed by atoms with Crippen LogP contribution in [0.4, 0.5) is 0 Å². The lowest BCUT2D eigenvalue weighted by atomic mass is 9.72. The Bertz CT molecular complexity index is 171. The quantitative estimate of drug-likeness (QED) is 0.619. The minimum atomic E-state index is 0.0764. The van der Waals surface area contributed by atoms with E-state index in [9.17, 15) is 0 Å². The first-order chi connectivity index (χ1) is 5.18. The number of ether oxygens (including phenoxy) is 1. The van der Waals surface area contributed by atoms with Crippen LogP contribution >= 0.6 is 0 Å². The normalized spacial score (nSPS) is 49.6. The van der Waals surface area contributed by atoms with E-state index in [1.54, 1.807) is 0 Å². The van der Waals surface area contributed by atoms with Crippen molar-refractivity contribution >= 4 is 0 Å². The molecule has 1 aliphatic heterocycles. The zero-order valence-electron chi connectivity index (χ0n) is 7.23. The van der Waals surface area contributed by atoms with E-state index in [1.807, 2.05) is 0 Å². The maximum atomic E-state index is 5.79. The Kier molecular flexibility index (Phi) is 1.52. The maximum Gasteiger partial charge on any atom is 0.0810 e. The molecular weight excluding hydrogens is 138 g/mol. The van der Waals surface area contributed by atoms with Crippen LogP contribution in [-0.2, 0) is 4.74 Å². The summed E-state index contributed by atoms with van der Waals surface area (Å²) in [4.78, 5) is 0. The number of nitrogens with two attached hydrogens (primary N) is 1. The molecule has 2 N–H and O–H groups in total. The molecule has 1 saturated carbocycles. The number of hydrogen-bond acceptors (Lipinski definition) is 2. The predicted octanol–water partition coefficient (Wildman–Crippen LogP) is 1.29. The van der Waals surface area contributed by atoms with Gasteiger partial charge >= 0.3 is 0 Å². The van der Waals surface area contributed by atoms with Crippen molar-refractivity contribution in [3.63, 3.8) is 0 Å². The molecular formula is C9H17NO. The molecule has 0 amide bonds. The third kappa shape index (κ3) is 1.09. The molecule has 0 aromatic rings. The fourth-order valence-corrected chi connectivity index (χ4v) is 2.60. The maximum absolute atomic E-state index is 5.79. The summed E-state index contributed by atoms with van der Waals surface area (Å²) >= 11 is 0. The minimum absolute atomic E-state index is 0.0764. The van der Waals surface area contributed by atoms with E-state index in [0.717, 1.165) is 6.61 Å². The van der Waals surface area contributed by atoms with Crippen LogP contribution < -0.4 is 5.73 Å². The van der Waals surface area contributed by atoms with Crippen molar-refractivity contribution < 1.29 is 4.74 Å². The lowest BCUT2D eigenvalue weighted by Crippen LogP contribution is -2.40. The monoisotopic (exact) mass is 155 g/mol. The van der Waals surface area contributed by atoms with Gasteiger partial charge in [-0.05, 0) is 31.1 Å². The smallest absolute Gasteiger partial charge is 0.0810 e. The largest absolute Gasteiger partial charge is 0.373 e. The van der Waals surface area contributed by atoms with Crippen LogP contribution in [0.5, 0.6) is 0 Å². The molecule has 2 atom stereocenters. The van der Waals surface area contributed by atoms with Crippen molar-refractivity contribution in [2.45, 2.75) is 38.2 Å². The molecule has 0 aromatic carbocycles. The van der Waals surface area contributed by atoms with E-state index in [1.165, 1.54) is 25.7 Å². The highest BCUT2D eigenvalue weighted by atomic mass is 16.5. The van der Waals surface area contributed by atoms with Gasteiger partial charge in [0.25, 0.3) is 0 Å². The number of fused-ring (bicyclic) bond motifs is 2. The molecule has 1 heterocycles. The van der Waals surface area contributed by atoms with E-state index in [4.69, 9.17) is 10.5 Å². The van der Waals surface area contributed by atoms with Crippen LogP contribution in [0.1, 0.15) is 32.6 Å². The second kappa shape index (κ2) is 2.20. The predicted molar refractivity (Wildman–Crippen MR) is 44.3 cm³/mol. The Morgan fingerprint density at radius 1 is 1.45 bits per heavy atom. The summed E-state index contributed by atoms with van der Waals surface area (Å²) in [6.45, 7) is 3.97. The van der Waals surface area contributed by atoms with Gasteiger partial charge < -0.3 is 10.5 Å². The van der Waals surface area contributed by atoms with Crippen LogP contribution in [-0.4, -0.2) is 18.8 Å². The zero-order chi connectivity index (χ0) is 7.95. The van der Waals surface area contributed by atoms with Crippen LogP contribution in [0.25, 0.3) is 0 Å². The van der Waals surface area contributed by atoms with E-state index < -0.39 is 0 Å². The molecule has 2 unspecified atom stereocenters. The van der Waals surface area contributed by atoms with Gasteiger partial charge in [-0.25, -0.2) is 0 Å². The lowest BCUT2D eigenvalue weighted by Gasteiger charge is -2.34. The first-order valence-electron chi connectivity index (χ1n) is 4.52. The first kappa shape index (κ1) is 7.56. The Hall–Kier alpha value is -0.0800. The van der Waals surface area contributed by atoms with Gasteiger partial charge in [-0.2, -0.15) is 0 Å². The molecule has 2 rings (SSSR count). The molecule has 2 fully saturated rings. The summed E-state index contributed by atoms with van der Waals surface area (Å²) in [6, 6.07) is 0. The Morgan fingerprint density at radius 2 is 2.27 bits per heavy atom. The van der Waals surface area contributed by atoms with Crippen molar-refractivity contribution in [2.75, 3.05) is 13.2 Å². The summed E-state index contributed by atoms with van der Waals surface area (Å²) in [5.41, 5.74) is 6.24. The summed E-state index contributed by atoms with van der Waals surface area (Å²) < 4.78 is 5.79. The summed E-state index contributed by atoms with van der Waals surface area (Å²) in [6.07, 6.45) is 5.00. The summed E-state index contributed by atoms with van der Waals surface area (Å²) in [7, 11) is 0. The molecule has 2 aliphatic rings. The zero-order valence-corrected chi connectivity index (χ0v) is 7.23. The average molecular weight is 155 g/mol.